The first kappa shape index (κ1) is 14.1. The second kappa shape index (κ2) is 5.48. The predicted octanol–water partition coefficient (Wildman–Crippen LogP) is 2.98. The Bertz CT molecular complexity index is 791. The number of H-pyrrole nitrogens is 1. The van der Waals surface area contributed by atoms with Gasteiger partial charge < -0.3 is 0 Å². The molecule has 1 heterocycles. The summed E-state index contributed by atoms with van der Waals surface area (Å²) >= 11 is 6.05. The summed E-state index contributed by atoms with van der Waals surface area (Å²) in [4.78, 5) is 27.1. The lowest BCUT2D eigenvalue weighted by Gasteiger charge is -2.13. The molecule has 1 aliphatic rings. The van der Waals surface area contributed by atoms with Crippen molar-refractivity contribution in [2.24, 2.45) is 0 Å². The van der Waals surface area contributed by atoms with E-state index >= 15 is 0 Å². The highest BCUT2D eigenvalue weighted by atomic mass is 35.5. The number of para-hydroxylation sites is 1. The predicted molar refractivity (Wildman–Crippen MR) is 78.8 cm³/mol. The van der Waals surface area contributed by atoms with E-state index in [2.05, 4.69) is 4.98 Å². The van der Waals surface area contributed by atoms with Crippen LogP contribution in [0.2, 0.25) is 5.15 Å². The molecule has 110 valence electrons. The third-order valence-corrected chi connectivity index (χ3v) is 4.24. The van der Waals surface area contributed by atoms with E-state index in [1.165, 1.54) is 18.2 Å². The lowest BCUT2D eigenvalue weighted by atomic mass is 10.0. The van der Waals surface area contributed by atoms with Gasteiger partial charge in [0, 0.05) is 0 Å². The van der Waals surface area contributed by atoms with Gasteiger partial charge in [0.2, 0.25) is 0 Å². The number of rotatable bonds is 2. The van der Waals surface area contributed by atoms with Crippen molar-refractivity contribution >= 4 is 11.6 Å². The molecule has 0 unspecified atom stereocenters. The fourth-order valence-electron chi connectivity index (χ4n) is 2.94. The molecule has 1 saturated carbocycles. The highest BCUT2D eigenvalue weighted by Gasteiger charge is 2.25. The highest BCUT2D eigenvalue weighted by Crippen LogP contribution is 2.34. The van der Waals surface area contributed by atoms with Crippen LogP contribution in [0.3, 0.4) is 0 Å². The van der Waals surface area contributed by atoms with Gasteiger partial charge in [-0.1, -0.05) is 36.6 Å². The van der Waals surface area contributed by atoms with Gasteiger partial charge in [0.1, 0.15) is 11.0 Å². The molecule has 0 radical (unpaired) electrons. The Hall–Kier alpha value is -1.88. The van der Waals surface area contributed by atoms with E-state index in [9.17, 15) is 14.0 Å². The summed E-state index contributed by atoms with van der Waals surface area (Å²) < 4.78 is 14.7. The van der Waals surface area contributed by atoms with Crippen molar-refractivity contribution in [3.63, 3.8) is 0 Å². The molecule has 3 rings (SSSR count). The molecule has 0 saturated heterocycles. The first-order valence-electron chi connectivity index (χ1n) is 6.89. The maximum atomic E-state index is 13.9. The van der Waals surface area contributed by atoms with Crippen molar-refractivity contribution in [1.82, 2.24) is 9.55 Å². The molecule has 1 aliphatic carbocycles. The molecule has 1 fully saturated rings. The van der Waals surface area contributed by atoms with E-state index < -0.39 is 17.1 Å². The number of nitrogens with zero attached hydrogens (tertiary/aromatic N) is 1. The molecular weight excluding hydrogens is 295 g/mol. The average Bonchev–Trinajstić information content (AvgIpc) is 2.94. The molecule has 21 heavy (non-hydrogen) atoms. The highest BCUT2D eigenvalue weighted by molar-refractivity contribution is 6.30. The van der Waals surface area contributed by atoms with Gasteiger partial charge in [-0.25, -0.2) is 13.8 Å². The molecule has 0 atom stereocenters. The van der Waals surface area contributed by atoms with Crippen LogP contribution in [0.25, 0.3) is 5.69 Å². The Morgan fingerprint density at radius 1 is 1.19 bits per heavy atom. The number of aromatic nitrogens is 2. The van der Waals surface area contributed by atoms with Gasteiger partial charge in [-0.2, -0.15) is 0 Å². The van der Waals surface area contributed by atoms with E-state index in [0.717, 1.165) is 30.3 Å². The van der Waals surface area contributed by atoms with E-state index in [1.807, 2.05) is 0 Å². The average molecular weight is 309 g/mol. The zero-order valence-electron chi connectivity index (χ0n) is 11.2. The molecule has 4 nitrogen and oxygen atoms in total. The third-order valence-electron chi connectivity index (χ3n) is 3.95. The molecule has 1 aromatic carbocycles. The molecular formula is C15H14ClFN2O2. The van der Waals surface area contributed by atoms with Crippen molar-refractivity contribution < 1.29 is 4.39 Å². The molecule has 0 bridgehead atoms. The minimum absolute atomic E-state index is 0.0277. The number of hydrogen-bond donors (Lipinski definition) is 1. The Morgan fingerprint density at radius 2 is 1.86 bits per heavy atom. The Kier molecular flexibility index (Phi) is 3.68. The molecule has 0 spiro atoms. The van der Waals surface area contributed by atoms with Crippen molar-refractivity contribution in [2.45, 2.75) is 31.6 Å². The second-order valence-corrected chi connectivity index (χ2v) is 5.61. The van der Waals surface area contributed by atoms with Crippen LogP contribution in [0.1, 0.15) is 37.2 Å². The monoisotopic (exact) mass is 308 g/mol. The number of benzene rings is 1. The van der Waals surface area contributed by atoms with Crippen LogP contribution >= 0.6 is 11.6 Å². The van der Waals surface area contributed by atoms with Crippen molar-refractivity contribution in [2.75, 3.05) is 0 Å². The van der Waals surface area contributed by atoms with E-state index in [4.69, 9.17) is 11.6 Å². The number of nitrogens with one attached hydrogen (secondary N) is 1. The van der Waals surface area contributed by atoms with Gasteiger partial charge >= 0.3 is 5.69 Å². The van der Waals surface area contributed by atoms with E-state index in [0.29, 0.717) is 5.56 Å². The summed E-state index contributed by atoms with van der Waals surface area (Å²) in [6.45, 7) is 0. The molecule has 1 N–H and O–H groups in total. The Balaban J connectivity index is 2.27. The first-order valence-corrected chi connectivity index (χ1v) is 7.27. The van der Waals surface area contributed by atoms with Gasteiger partial charge in [0.15, 0.2) is 0 Å². The summed E-state index contributed by atoms with van der Waals surface area (Å²) in [7, 11) is 0. The van der Waals surface area contributed by atoms with Crippen LogP contribution in [-0.4, -0.2) is 9.55 Å². The second-order valence-electron chi connectivity index (χ2n) is 5.23. The lowest BCUT2D eigenvalue weighted by Crippen LogP contribution is -2.37. The Labute approximate surface area is 125 Å². The summed E-state index contributed by atoms with van der Waals surface area (Å²) in [5.41, 5.74) is -0.922. The van der Waals surface area contributed by atoms with E-state index in [-0.39, 0.29) is 16.8 Å². The Morgan fingerprint density at radius 3 is 2.52 bits per heavy atom. The SMILES string of the molecule is O=c1[nH]c(Cl)c(C2CCCC2)c(=O)n1-c1ccccc1F. The van der Waals surface area contributed by atoms with Gasteiger partial charge in [-0.15, -0.1) is 0 Å². The molecule has 0 aliphatic heterocycles. The fraction of sp³-hybridized carbons (Fsp3) is 0.333. The maximum Gasteiger partial charge on any atom is 0.334 e. The van der Waals surface area contributed by atoms with Crippen LogP contribution in [-0.2, 0) is 0 Å². The topological polar surface area (TPSA) is 54.9 Å². The quantitative estimate of drug-likeness (QED) is 0.867. The fourth-order valence-corrected chi connectivity index (χ4v) is 3.26. The molecule has 1 aromatic heterocycles. The van der Waals surface area contributed by atoms with Gasteiger partial charge in [-0.05, 0) is 30.9 Å². The summed E-state index contributed by atoms with van der Waals surface area (Å²) in [5.74, 6) is -0.593. The minimum atomic E-state index is -0.725. The zero-order valence-corrected chi connectivity index (χ0v) is 12.0. The molecule has 6 heteroatoms. The number of hydrogen-bond acceptors (Lipinski definition) is 2. The number of aromatic amines is 1. The van der Waals surface area contributed by atoms with Crippen LogP contribution in [0.5, 0.6) is 0 Å². The first-order chi connectivity index (χ1) is 10.1. The summed E-state index contributed by atoms with van der Waals surface area (Å²) in [5, 5.41) is 0.0736. The third kappa shape index (κ3) is 2.42. The largest absolute Gasteiger partial charge is 0.334 e. The minimum Gasteiger partial charge on any atom is -0.297 e. The molecule has 0 amide bonds. The summed E-state index contributed by atoms with van der Waals surface area (Å²) in [6, 6.07) is 5.70. The van der Waals surface area contributed by atoms with Gasteiger partial charge in [0.05, 0.1) is 11.3 Å². The lowest BCUT2D eigenvalue weighted by molar-refractivity contribution is 0.608. The van der Waals surface area contributed by atoms with E-state index in [1.54, 1.807) is 6.07 Å². The summed E-state index contributed by atoms with van der Waals surface area (Å²) in [6.07, 6.45) is 3.77. The van der Waals surface area contributed by atoms with Crippen LogP contribution in [0, 0.1) is 5.82 Å². The maximum absolute atomic E-state index is 13.9. The standard InChI is InChI=1S/C15H14ClFN2O2/c16-13-12(9-5-1-2-6-9)14(20)19(15(21)18-13)11-8-4-3-7-10(11)17/h3-4,7-9H,1-2,5-6H2,(H,18,21). The number of halogens is 2. The van der Waals surface area contributed by atoms with Crippen LogP contribution < -0.4 is 11.2 Å². The normalized spacial score (nSPS) is 15.5. The smallest absolute Gasteiger partial charge is 0.297 e. The van der Waals surface area contributed by atoms with Crippen molar-refractivity contribution in [3.05, 3.63) is 61.6 Å². The zero-order chi connectivity index (χ0) is 15.0. The van der Waals surface area contributed by atoms with Gasteiger partial charge in [0.25, 0.3) is 5.56 Å². The van der Waals surface area contributed by atoms with Gasteiger partial charge in [-0.3, -0.25) is 9.78 Å². The van der Waals surface area contributed by atoms with Crippen LogP contribution in [0.15, 0.2) is 33.9 Å². The van der Waals surface area contributed by atoms with Crippen molar-refractivity contribution in [1.29, 1.82) is 0 Å². The van der Waals surface area contributed by atoms with Crippen LogP contribution in [0.4, 0.5) is 4.39 Å². The molecule has 2 aromatic rings. The van der Waals surface area contributed by atoms with Crippen molar-refractivity contribution in [3.8, 4) is 5.69 Å².